The van der Waals surface area contributed by atoms with Gasteiger partial charge in [-0.15, -0.1) is 0 Å². The number of ether oxygens (including phenoxy) is 1. The highest BCUT2D eigenvalue weighted by Gasteiger charge is 2.23. The van der Waals surface area contributed by atoms with Gasteiger partial charge in [0.05, 0.1) is 13.2 Å². The Bertz CT molecular complexity index is 620. The van der Waals surface area contributed by atoms with Crippen LogP contribution >= 0.6 is 0 Å². The van der Waals surface area contributed by atoms with E-state index in [4.69, 9.17) is 9.26 Å². The Labute approximate surface area is 114 Å². The first-order chi connectivity index (χ1) is 9.75. The van der Waals surface area contributed by atoms with Crippen molar-refractivity contribution >= 4 is 5.91 Å². The van der Waals surface area contributed by atoms with Crippen molar-refractivity contribution < 1.29 is 18.4 Å². The standard InChI is InChI=1S/C14H13FN2O3/c15-11-4-2-1-3-10(11)12-9-13(20-16-12)14(18)17-5-7-19-8-6-17/h1-4,9H,5-8H2. The summed E-state index contributed by atoms with van der Waals surface area (Å²) in [5, 5.41) is 3.77. The average Bonchev–Trinajstić information content (AvgIpc) is 2.97. The van der Waals surface area contributed by atoms with Crippen molar-refractivity contribution in [3.05, 3.63) is 41.9 Å². The van der Waals surface area contributed by atoms with Crippen molar-refractivity contribution in [2.45, 2.75) is 0 Å². The Kier molecular flexibility index (Phi) is 3.47. The van der Waals surface area contributed by atoms with E-state index < -0.39 is 5.82 Å². The Morgan fingerprint density at radius 2 is 2.00 bits per heavy atom. The van der Waals surface area contributed by atoms with Crippen LogP contribution in [0.5, 0.6) is 0 Å². The third kappa shape index (κ3) is 2.42. The van der Waals surface area contributed by atoms with Crippen LogP contribution in [0, 0.1) is 5.82 Å². The van der Waals surface area contributed by atoms with Gasteiger partial charge < -0.3 is 14.2 Å². The van der Waals surface area contributed by atoms with Gasteiger partial charge in [0.2, 0.25) is 5.76 Å². The average molecular weight is 276 g/mol. The van der Waals surface area contributed by atoms with Crippen molar-refractivity contribution in [2.75, 3.05) is 26.3 Å². The summed E-state index contributed by atoms with van der Waals surface area (Å²) in [6, 6.07) is 7.70. The van der Waals surface area contributed by atoms with Crippen LogP contribution in [0.4, 0.5) is 4.39 Å². The zero-order chi connectivity index (χ0) is 13.9. The zero-order valence-electron chi connectivity index (χ0n) is 10.7. The number of morpholine rings is 1. The Morgan fingerprint density at radius 1 is 1.25 bits per heavy atom. The van der Waals surface area contributed by atoms with Gasteiger partial charge in [-0.1, -0.05) is 17.3 Å². The van der Waals surface area contributed by atoms with Crippen LogP contribution < -0.4 is 0 Å². The number of carbonyl (C=O) groups is 1. The Morgan fingerprint density at radius 3 is 2.75 bits per heavy atom. The van der Waals surface area contributed by atoms with E-state index in [1.807, 2.05) is 0 Å². The second-order valence-electron chi connectivity index (χ2n) is 4.46. The van der Waals surface area contributed by atoms with Crippen LogP contribution in [0.25, 0.3) is 11.3 Å². The molecule has 104 valence electrons. The van der Waals surface area contributed by atoms with Crippen LogP contribution in [0.3, 0.4) is 0 Å². The van der Waals surface area contributed by atoms with Crippen molar-refractivity contribution in [1.82, 2.24) is 10.1 Å². The minimum atomic E-state index is -0.397. The van der Waals surface area contributed by atoms with Gasteiger partial charge in [0.25, 0.3) is 5.91 Å². The highest BCUT2D eigenvalue weighted by molar-refractivity contribution is 5.92. The first-order valence-electron chi connectivity index (χ1n) is 6.34. The SMILES string of the molecule is O=C(c1cc(-c2ccccc2F)no1)N1CCOCC1. The molecule has 1 aromatic heterocycles. The predicted molar refractivity (Wildman–Crippen MR) is 68.6 cm³/mol. The molecule has 20 heavy (non-hydrogen) atoms. The normalized spacial score (nSPS) is 15.3. The molecule has 1 fully saturated rings. The Hall–Kier alpha value is -2.21. The monoisotopic (exact) mass is 276 g/mol. The molecule has 0 spiro atoms. The predicted octanol–water partition coefficient (Wildman–Crippen LogP) is 1.95. The van der Waals surface area contributed by atoms with Crippen LogP contribution in [-0.4, -0.2) is 42.3 Å². The fourth-order valence-electron chi connectivity index (χ4n) is 2.09. The summed E-state index contributed by atoms with van der Waals surface area (Å²) in [6.07, 6.45) is 0. The third-order valence-electron chi connectivity index (χ3n) is 3.17. The number of amides is 1. The van der Waals surface area contributed by atoms with Gasteiger partial charge in [0.15, 0.2) is 0 Å². The maximum atomic E-state index is 13.6. The van der Waals surface area contributed by atoms with Gasteiger partial charge >= 0.3 is 0 Å². The quantitative estimate of drug-likeness (QED) is 0.841. The molecule has 0 bridgehead atoms. The molecule has 5 nitrogen and oxygen atoms in total. The van der Waals surface area contributed by atoms with Gasteiger partial charge in [0.1, 0.15) is 11.5 Å². The molecule has 1 saturated heterocycles. The van der Waals surface area contributed by atoms with Gasteiger partial charge in [-0.3, -0.25) is 4.79 Å². The maximum absolute atomic E-state index is 13.6. The number of halogens is 1. The third-order valence-corrected chi connectivity index (χ3v) is 3.17. The lowest BCUT2D eigenvalue weighted by Crippen LogP contribution is -2.40. The second-order valence-corrected chi connectivity index (χ2v) is 4.46. The van der Waals surface area contributed by atoms with E-state index in [1.165, 1.54) is 12.1 Å². The molecule has 0 N–H and O–H groups in total. The highest BCUT2D eigenvalue weighted by atomic mass is 19.1. The summed E-state index contributed by atoms with van der Waals surface area (Å²) >= 11 is 0. The lowest BCUT2D eigenvalue weighted by molar-refractivity contribution is 0.0277. The number of benzene rings is 1. The van der Waals surface area contributed by atoms with Crippen LogP contribution in [0.1, 0.15) is 10.6 Å². The van der Waals surface area contributed by atoms with Crippen LogP contribution in [-0.2, 0) is 4.74 Å². The zero-order valence-corrected chi connectivity index (χ0v) is 10.7. The minimum Gasteiger partial charge on any atom is -0.378 e. The molecule has 0 atom stereocenters. The smallest absolute Gasteiger partial charge is 0.292 e. The van der Waals surface area contributed by atoms with E-state index in [9.17, 15) is 9.18 Å². The van der Waals surface area contributed by atoms with Crippen molar-refractivity contribution in [2.24, 2.45) is 0 Å². The summed E-state index contributed by atoms with van der Waals surface area (Å²) < 4.78 is 23.9. The molecule has 1 aliphatic heterocycles. The lowest BCUT2D eigenvalue weighted by atomic mass is 10.1. The molecule has 0 radical (unpaired) electrons. The molecular formula is C14H13FN2O3. The molecule has 0 saturated carbocycles. The number of nitrogens with zero attached hydrogens (tertiary/aromatic N) is 2. The number of hydrogen-bond acceptors (Lipinski definition) is 4. The van der Waals surface area contributed by atoms with Crippen LogP contribution in [0.15, 0.2) is 34.9 Å². The van der Waals surface area contributed by atoms with Gasteiger partial charge in [0, 0.05) is 24.7 Å². The van der Waals surface area contributed by atoms with Crippen molar-refractivity contribution in [3.8, 4) is 11.3 Å². The van der Waals surface area contributed by atoms with Crippen molar-refractivity contribution in [3.63, 3.8) is 0 Å². The highest BCUT2D eigenvalue weighted by Crippen LogP contribution is 2.22. The van der Waals surface area contributed by atoms with E-state index >= 15 is 0 Å². The topological polar surface area (TPSA) is 55.6 Å². The molecule has 1 aliphatic rings. The molecule has 2 heterocycles. The largest absolute Gasteiger partial charge is 0.378 e. The summed E-state index contributed by atoms with van der Waals surface area (Å²) in [6.45, 7) is 2.07. The van der Waals surface area contributed by atoms with E-state index in [-0.39, 0.29) is 11.7 Å². The van der Waals surface area contributed by atoms with Gasteiger partial charge in [-0.25, -0.2) is 4.39 Å². The Balaban J connectivity index is 1.83. The van der Waals surface area contributed by atoms with E-state index in [2.05, 4.69) is 5.16 Å². The summed E-state index contributed by atoms with van der Waals surface area (Å²) in [5.41, 5.74) is 0.636. The van der Waals surface area contributed by atoms with E-state index in [1.54, 1.807) is 23.1 Å². The molecule has 2 aromatic rings. The molecule has 0 aliphatic carbocycles. The van der Waals surface area contributed by atoms with E-state index in [0.717, 1.165) is 0 Å². The molecule has 1 aromatic carbocycles. The first kappa shape index (κ1) is 12.8. The van der Waals surface area contributed by atoms with E-state index in [0.29, 0.717) is 37.6 Å². The lowest BCUT2D eigenvalue weighted by Gasteiger charge is -2.25. The fraction of sp³-hybridized carbons (Fsp3) is 0.286. The number of hydrogen-bond donors (Lipinski definition) is 0. The number of rotatable bonds is 2. The minimum absolute atomic E-state index is 0.116. The molecule has 3 rings (SSSR count). The molecule has 1 amide bonds. The summed E-state index contributed by atoms with van der Waals surface area (Å²) in [7, 11) is 0. The first-order valence-corrected chi connectivity index (χ1v) is 6.34. The van der Waals surface area contributed by atoms with Gasteiger partial charge in [-0.05, 0) is 12.1 Å². The summed E-state index contributed by atoms with van der Waals surface area (Å²) in [5.74, 6) is -0.528. The number of carbonyl (C=O) groups excluding carboxylic acids is 1. The molecule has 0 unspecified atom stereocenters. The molecule has 6 heteroatoms. The fourth-order valence-corrected chi connectivity index (χ4v) is 2.09. The van der Waals surface area contributed by atoms with Crippen molar-refractivity contribution in [1.29, 1.82) is 0 Å². The summed E-state index contributed by atoms with van der Waals surface area (Å²) in [4.78, 5) is 13.8. The number of aromatic nitrogens is 1. The molecular weight excluding hydrogens is 263 g/mol. The van der Waals surface area contributed by atoms with Crippen LogP contribution in [0.2, 0.25) is 0 Å². The van der Waals surface area contributed by atoms with Gasteiger partial charge in [-0.2, -0.15) is 0 Å². The maximum Gasteiger partial charge on any atom is 0.292 e. The second kappa shape index (κ2) is 5.42.